The lowest BCUT2D eigenvalue weighted by molar-refractivity contribution is 0.624. The van der Waals surface area contributed by atoms with Crippen molar-refractivity contribution in [3.63, 3.8) is 0 Å². The van der Waals surface area contributed by atoms with Crippen LogP contribution in [0.25, 0.3) is 0 Å². The van der Waals surface area contributed by atoms with Gasteiger partial charge in [0.2, 0.25) is 0 Å². The van der Waals surface area contributed by atoms with E-state index in [1.54, 1.807) is 0 Å². The first-order chi connectivity index (χ1) is 8.13. The van der Waals surface area contributed by atoms with Crippen LogP contribution in [0.5, 0.6) is 0 Å². The Morgan fingerprint density at radius 3 is 2.65 bits per heavy atom. The van der Waals surface area contributed by atoms with Crippen LogP contribution in [0.3, 0.4) is 0 Å². The number of anilines is 1. The Bertz CT molecular complexity index is 349. The van der Waals surface area contributed by atoms with E-state index in [4.69, 9.17) is 0 Å². The van der Waals surface area contributed by atoms with Crippen molar-refractivity contribution in [1.29, 1.82) is 0 Å². The third kappa shape index (κ3) is 3.43. The van der Waals surface area contributed by atoms with Crippen molar-refractivity contribution in [2.75, 3.05) is 18.5 Å². The molecular weight excluding hydrogens is 210 g/mol. The number of nitrogens with zero attached hydrogens (tertiary/aromatic N) is 2. The summed E-state index contributed by atoms with van der Waals surface area (Å²) in [5.74, 6) is 0. The number of hydrogen-bond donors (Lipinski definition) is 1. The van der Waals surface area contributed by atoms with Crippen molar-refractivity contribution in [2.45, 2.75) is 46.7 Å². The van der Waals surface area contributed by atoms with Gasteiger partial charge in [-0.1, -0.05) is 6.92 Å². The van der Waals surface area contributed by atoms with Gasteiger partial charge in [-0.2, -0.15) is 0 Å². The molecule has 1 N–H and O–H groups in total. The summed E-state index contributed by atoms with van der Waals surface area (Å²) in [6.45, 7) is 10.7. The average molecular weight is 235 g/mol. The molecule has 3 heteroatoms. The first-order valence-electron chi connectivity index (χ1n) is 6.50. The van der Waals surface area contributed by atoms with Crippen molar-refractivity contribution in [2.24, 2.45) is 0 Å². The normalized spacial score (nSPS) is 12.5. The highest BCUT2D eigenvalue weighted by Crippen LogP contribution is 2.23. The molecule has 0 aliphatic rings. The number of rotatable bonds is 6. The van der Waals surface area contributed by atoms with Gasteiger partial charge in [-0.25, -0.2) is 0 Å². The van der Waals surface area contributed by atoms with E-state index in [0.29, 0.717) is 6.04 Å². The van der Waals surface area contributed by atoms with Crippen molar-refractivity contribution in [3.8, 4) is 0 Å². The highest BCUT2D eigenvalue weighted by atomic mass is 15.2. The molecule has 3 nitrogen and oxygen atoms in total. The average Bonchev–Trinajstić information content (AvgIpc) is 2.33. The van der Waals surface area contributed by atoms with Gasteiger partial charge in [0.15, 0.2) is 0 Å². The lowest BCUT2D eigenvalue weighted by Gasteiger charge is -2.31. The van der Waals surface area contributed by atoms with Crippen LogP contribution in [0.2, 0.25) is 0 Å². The van der Waals surface area contributed by atoms with Crippen molar-refractivity contribution in [3.05, 3.63) is 23.5 Å². The number of pyridine rings is 1. The maximum Gasteiger partial charge on any atom is 0.0447 e. The fourth-order valence-corrected chi connectivity index (χ4v) is 2.11. The summed E-state index contributed by atoms with van der Waals surface area (Å²) >= 11 is 0. The third-order valence-electron chi connectivity index (χ3n) is 3.24. The topological polar surface area (TPSA) is 28.2 Å². The summed E-state index contributed by atoms with van der Waals surface area (Å²) in [7, 11) is 1.98. The standard InChI is InChI=1S/C14H25N3/c1-6-12(4)17(7-2)14-8-11(3)16-10-13(14)9-15-5/h8,10,12,15H,6-7,9H2,1-5H3. The summed E-state index contributed by atoms with van der Waals surface area (Å²) in [4.78, 5) is 6.85. The van der Waals surface area contributed by atoms with Gasteiger partial charge >= 0.3 is 0 Å². The lowest BCUT2D eigenvalue weighted by atomic mass is 10.1. The van der Waals surface area contributed by atoms with Crippen molar-refractivity contribution in [1.82, 2.24) is 10.3 Å². The van der Waals surface area contributed by atoms with E-state index in [-0.39, 0.29) is 0 Å². The molecule has 1 unspecified atom stereocenters. The van der Waals surface area contributed by atoms with E-state index in [2.05, 4.69) is 49.0 Å². The second kappa shape index (κ2) is 6.60. The molecule has 1 aromatic rings. The third-order valence-corrected chi connectivity index (χ3v) is 3.24. The van der Waals surface area contributed by atoms with Gasteiger partial charge in [0, 0.05) is 42.3 Å². The molecule has 0 saturated heterocycles. The molecule has 0 saturated carbocycles. The Morgan fingerprint density at radius 2 is 2.12 bits per heavy atom. The van der Waals surface area contributed by atoms with Gasteiger partial charge < -0.3 is 10.2 Å². The van der Waals surface area contributed by atoms with Crippen molar-refractivity contribution < 1.29 is 0 Å². The first-order valence-corrected chi connectivity index (χ1v) is 6.50. The van der Waals surface area contributed by atoms with Crippen LogP contribution >= 0.6 is 0 Å². The molecule has 0 aromatic carbocycles. The molecule has 0 aliphatic heterocycles. The van der Waals surface area contributed by atoms with Crippen LogP contribution in [0.4, 0.5) is 5.69 Å². The Hall–Kier alpha value is -1.09. The van der Waals surface area contributed by atoms with Crippen LogP contribution in [0, 0.1) is 6.92 Å². The minimum Gasteiger partial charge on any atom is -0.369 e. The van der Waals surface area contributed by atoms with Gasteiger partial charge in [-0.05, 0) is 40.3 Å². The molecule has 0 aliphatic carbocycles. The van der Waals surface area contributed by atoms with Gasteiger partial charge in [0.25, 0.3) is 0 Å². The number of hydrogen-bond acceptors (Lipinski definition) is 3. The zero-order valence-electron chi connectivity index (χ0n) is 11.7. The molecular formula is C14H25N3. The SMILES string of the molecule is CCC(C)N(CC)c1cc(C)ncc1CNC. The minimum absolute atomic E-state index is 0.567. The molecule has 0 bridgehead atoms. The predicted molar refractivity (Wildman–Crippen MR) is 74.5 cm³/mol. The van der Waals surface area contributed by atoms with E-state index in [1.165, 1.54) is 11.3 Å². The van der Waals surface area contributed by atoms with Crippen LogP contribution in [0.1, 0.15) is 38.4 Å². The predicted octanol–water partition coefficient (Wildman–Crippen LogP) is 2.73. The Labute approximate surface area is 105 Å². The van der Waals surface area contributed by atoms with Gasteiger partial charge in [-0.15, -0.1) is 0 Å². The number of nitrogens with one attached hydrogen (secondary N) is 1. The summed E-state index contributed by atoms with van der Waals surface area (Å²) in [5, 5.41) is 3.21. The maximum absolute atomic E-state index is 4.39. The molecule has 1 aromatic heterocycles. The van der Waals surface area contributed by atoms with E-state index >= 15 is 0 Å². The summed E-state index contributed by atoms with van der Waals surface area (Å²) in [6, 6.07) is 2.76. The first kappa shape index (κ1) is 14.0. The Kier molecular flexibility index (Phi) is 5.42. The van der Waals surface area contributed by atoms with E-state index in [9.17, 15) is 0 Å². The van der Waals surface area contributed by atoms with Crippen LogP contribution < -0.4 is 10.2 Å². The zero-order valence-corrected chi connectivity index (χ0v) is 11.7. The molecule has 0 fully saturated rings. The number of aromatic nitrogens is 1. The maximum atomic E-state index is 4.39. The molecule has 17 heavy (non-hydrogen) atoms. The second-order valence-electron chi connectivity index (χ2n) is 4.53. The molecule has 1 atom stereocenters. The van der Waals surface area contributed by atoms with E-state index in [0.717, 1.165) is 25.2 Å². The Morgan fingerprint density at radius 1 is 1.41 bits per heavy atom. The van der Waals surface area contributed by atoms with Gasteiger partial charge in [0.05, 0.1) is 0 Å². The minimum atomic E-state index is 0.567. The fourth-order valence-electron chi connectivity index (χ4n) is 2.11. The monoisotopic (exact) mass is 235 g/mol. The quantitative estimate of drug-likeness (QED) is 0.821. The highest BCUT2D eigenvalue weighted by Gasteiger charge is 2.14. The lowest BCUT2D eigenvalue weighted by Crippen LogP contribution is -2.33. The van der Waals surface area contributed by atoms with Crippen LogP contribution in [0.15, 0.2) is 12.3 Å². The molecule has 96 valence electrons. The van der Waals surface area contributed by atoms with Gasteiger partial charge in [-0.3, -0.25) is 4.98 Å². The van der Waals surface area contributed by atoms with Crippen LogP contribution in [-0.4, -0.2) is 24.6 Å². The smallest absolute Gasteiger partial charge is 0.0447 e. The second-order valence-corrected chi connectivity index (χ2v) is 4.53. The van der Waals surface area contributed by atoms with E-state index < -0.39 is 0 Å². The largest absolute Gasteiger partial charge is 0.369 e. The number of aryl methyl sites for hydroxylation is 1. The molecule has 1 rings (SSSR count). The zero-order chi connectivity index (χ0) is 12.8. The highest BCUT2D eigenvalue weighted by molar-refractivity contribution is 5.54. The van der Waals surface area contributed by atoms with Crippen molar-refractivity contribution >= 4 is 5.69 Å². The molecule has 1 heterocycles. The van der Waals surface area contributed by atoms with Crippen LogP contribution in [-0.2, 0) is 6.54 Å². The summed E-state index contributed by atoms with van der Waals surface area (Å²) < 4.78 is 0. The van der Waals surface area contributed by atoms with Gasteiger partial charge in [0.1, 0.15) is 0 Å². The summed E-state index contributed by atoms with van der Waals surface area (Å²) in [6.07, 6.45) is 3.15. The molecule has 0 radical (unpaired) electrons. The Balaban J connectivity index is 3.10. The van der Waals surface area contributed by atoms with E-state index in [1.807, 2.05) is 13.2 Å². The fraction of sp³-hybridized carbons (Fsp3) is 0.643. The molecule has 0 spiro atoms. The molecule has 0 amide bonds. The summed E-state index contributed by atoms with van der Waals surface area (Å²) in [5.41, 5.74) is 3.69.